The van der Waals surface area contributed by atoms with Gasteiger partial charge in [-0.15, -0.1) is 0 Å². The summed E-state index contributed by atoms with van der Waals surface area (Å²) in [6.45, 7) is 8.39. The summed E-state index contributed by atoms with van der Waals surface area (Å²) in [7, 11) is 0. The number of esters is 1. The van der Waals surface area contributed by atoms with Gasteiger partial charge in [0.15, 0.2) is 5.78 Å². The molecule has 1 atom stereocenters. The summed E-state index contributed by atoms with van der Waals surface area (Å²) in [4.78, 5) is 26.2. The van der Waals surface area contributed by atoms with Crippen LogP contribution < -0.4 is 10.1 Å². The van der Waals surface area contributed by atoms with Gasteiger partial charge in [0.05, 0.1) is 12.2 Å². The van der Waals surface area contributed by atoms with Crippen molar-refractivity contribution in [3.63, 3.8) is 0 Å². The molecule has 6 heteroatoms. The molecule has 0 amide bonds. The van der Waals surface area contributed by atoms with E-state index in [0.29, 0.717) is 29.2 Å². The molecule has 0 saturated heterocycles. The van der Waals surface area contributed by atoms with E-state index in [1.54, 1.807) is 19.1 Å². The average molecular weight is 480 g/mol. The molecule has 0 spiro atoms. The minimum Gasteiger partial charge on any atom is -0.489 e. The number of allylic oxidation sites excluding steroid dienone is 3. The van der Waals surface area contributed by atoms with Gasteiger partial charge in [-0.1, -0.05) is 23.7 Å². The predicted molar refractivity (Wildman–Crippen MR) is 133 cm³/mol. The zero-order valence-electron chi connectivity index (χ0n) is 20.1. The Morgan fingerprint density at radius 2 is 1.82 bits per heavy atom. The minimum atomic E-state index is -0.460. The first-order valence-electron chi connectivity index (χ1n) is 11.7. The molecule has 0 aromatic heterocycles. The van der Waals surface area contributed by atoms with Crippen LogP contribution in [0.1, 0.15) is 61.3 Å². The van der Waals surface area contributed by atoms with Gasteiger partial charge < -0.3 is 14.8 Å². The van der Waals surface area contributed by atoms with E-state index in [2.05, 4.69) is 17.4 Å². The maximum absolute atomic E-state index is 13.1. The third-order valence-electron chi connectivity index (χ3n) is 6.51. The van der Waals surface area contributed by atoms with Gasteiger partial charge in [0.25, 0.3) is 0 Å². The molecule has 0 saturated carbocycles. The van der Waals surface area contributed by atoms with Crippen LogP contribution in [0.4, 0.5) is 0 Å². The highest BCUT2D eigenvalue weighted by molar-refractivity contribution is 6.30. The van der Waals surface area contributed by atoms with Gasteiger partial charge in [-0.25, -0.2) is 4.79 Å². The van der Waals surface area contributed by atoms with Crippen molar-refractivity contribution < 1.29 is 19.1 Å². The Labute approximate surface area is 205 Å². The molecule has 0 fully saturated rings. The molecule has 0 radical (unpaired) electrons. The maximum Gasteiger partial charge on any atom is 0.336 e. The van der Waals surface area contributed by atoms with E-state index in [4.69, 9.17) is 21.1 Å². The molecule has 1 aliphatic heterocycles. The van der Waals surface area contributed by atoms with E-state index in [-0.39, 0.29) is 18.4 Å². The molecule has 4 rings (SSSR count). The summed E-state index contributed by atoms with van der Waals surface area (Å²) in [5, 5.41) is 3.99. The van der Waals surface area contributed by atoms with Crippen molar-refractivity contribution >= 4 is 23.4 Å². The monoisotopic (exact) mass is 479 g/mol. The number of nitrogens with one attached hydrogen (secondary N) is 1. The Kier molecular flexibility index (Phi) is 7.13. The Balaban J connectivity index is 1.78. The fourth-order valence-electron chi connectivity index (χ4n) is 4.85. The van der Waals surface area contributed by atoms with Gasteiger partial charge in [0, 0.05) is 34.3 Å². The summed E-state index contributed by atoms with van der Waals surface area (Å²) in [5.74, 6) is -0.0328. The number of ketones is 1. The van der Waals surface area contributed by atoms with Gasteiger partial charge in [0.1, 0.15) is 12.4 Å². The van der Waals surface area contributed by atoms with E-state index in [1.807, 2.05) is 32.9 Å². The third-order valence-corrected chi connectivity index (χ3v) is 6.77. The second-order valence-electron chi connectivity index (χ2n) is 8.86. The molecular formula is C28H30ClNO4. The first-order chi connectivity index (χ1) is 16.3. The van der Waals surface area contributed by atoms with Gasteiger partial charge >= 0.3 is 5.97 Å². The largest absolute Gasteiger partial charge is 0.489 e. The van der Waals surface area contributed by atoms with Gasteiger partial charge in [-0.05, 0) is 87.1 Å². The van der Waals surface area contributed by atoms with Crippen LogP contribution in [0.25, 0.3) is 0 Å². The van der Waals surface area contributed by atoms with Crippen molar-refractivity contribution in [2.45, 2.75) is 59.5 Å². The predicted octanol–water partition coefficient (Wildman–Crippen LogP) is 6.07. The summed E-state index contributed by atoms with van der Waals surface area (Å²) >= 11 is 5.98. The molecule has 2 aromatic carbocycles. The zero-order valence-corrected chi connectivity index (χ0v) is 20.8. The number of benzene rings is 2. The summed E-state index contributed by atoms with van der Waals surface area (Å²) < 4.78 is 11.4. The lowest BCUT2D eigenvalue weighted by atomic mass is 9.73. The number of ether oxygens (including phenoxy) is 2. The second-order valence-corrected chi connectivity index (χ2v) is 9.30. The van der Waals surface area contributed by atoms with Crippen molar-refractivity contribution in [1.29, 1.82) is 0 Å². The minimum absolute atomic E-state index is 0.0898. The first kappa shape index (κ1) is 24.1. The lowest BCUT2D eigenvalue weighted by molar-refractivity contribution is -0.138. The standard InChI is InChI=1S/C28H30ClNO4/c1-5-33-28(32)25-18(4)30-23-7-6-8-24(31)27(23)26(25)22-14-19(16(2)13-17(22)3)15-34-21-11-9-20(29)10-12-21/h9-14,26,30H,5-8,15H2,1-4H3/t26-/m0/s1. The number of dihydropyridines is 1. The van der Waals surface area contributed by atoms with Crippen LogP contribution in [0, 0.1) is 13.8 Å². The zero-order chi connectivity index (χ0) is 24.4. The summed E-state index contributed by atoms with van der Waals surface area (Å²) in [6, 6.07) is 11.4. The molecular weight excluding hydrogens is 450 g/mol. The molecule has 2 aromatic rings. The highest BCUT2D eigenvalue weighted by Gasteiger charge is 2.39. The van der Waals surface area contributed by atoms with E-state index in [1.165, 1.54) is 0 Å². The van der Waals surface area contributed by atoms with E-state index >= 15 is 0 Å². The average Bonchev–Trinajstić information content (AvgIpc) is 2.79. The molecule has 178 valence electrons. The van der Waals surface area contributed by atoms with Crippen LogP contribution >= 0.6 is 11.6 Å². The first-order valence-corrected chi connectivity index (χ1v) is 12.1. The van der Waals surface area contributed by atoms with Crippen LogP contribution in [-0.2, 0) is 20.9 Å². The van der Waals surface area contributed by atoms with Crippen molar-refractivity contribution in [3.8, 4) is 5.75 Å². The van der Waals surface area contributed by atoms with Gasteiger partial charge in [-0.2, -0.15) is 0 Å². The topological polar surface area (TPSA) is 64.6 Å². The number of halogens is 1. The Bertz CT molecular complexity index is 1190. The number of hydrogen-bond donors (Lipinski definition) is 1. The maximum atomic E-state index is 13.1. The Morgan fingerprint density at radius 3 is 2.53 bits per heavy atom. The fraction of sp³-hybridized carbons (Fsp3) is 0.357. The van der Waals surface area contributed by atoms with Crippen LogP contribution in [0.15, 0.2) is 58.9 Å². The highest BCUT2D eigenvalue weighted by atomic mass is 35.5. The van der Waals surface area contributed by atoms with Gasteiger partial charge in [-0.3, -0.25) is 4.79 Å². The van der Waals surface area contributed by atoms with E-state index < -0.39 is 5.92 Å². The van der Waals surface area contributed by atoms with Crippen molar-refractivity contribution in [2.75, 3.05) is 6.61 Å². The fourth-order valence-corrected chi connectivity index (χ4v) is 4.97. The van der Waals surface area contributed by atoms with Crippen LogP contribution in [-0.4, -0.2) is 18.4 Å². The number of hydrogen-bond acceptors (Lipinski definition) is 5. The molecule has 5 nitrogen and oxygen atoms in total. The Morgan fingerprint density at radius 1 is 1.09 bits per heavy atom. The van der Waals surface area contributed by atoms with E-state index in [0.717, 1.165) is 52.2 Å². The molecule has 0 unspecified atom stereocenters. The second kappa shape index (κ2) is 10.1. The molecule has 1 aliphatic carbocycles. The van der Waals surface area contributed by atoms with Crippen LogP contribution in [0.3, 0.4) is 0 Å². The van der Waals surface area contributed by atoms with Crippen molar-refractivity contribution in [2.24, 2.45) is 0 Å². The number of rotatable bonds is 6. The summed E-state index contributed by atoms with van der Waals surface area (Å²) in [6.07, 6.45) is 2.10. The normalized spacial score (nSPS) is 17.9. The smallest absolute Gasteiger partial charge is 0.336 e. The quantitative estimate of drug-likeness (QED) is 0.509. The lowest BCUT2D eigenvalue weighted by Crippen LogP contribution is -2.34. The van der Waals surface area contributed by atoms with Crippen molar-refractivity contribution in [3.05, 3.63) is 86.2 Å². The summed E-state index contributed by atoms with van der Waals surface area (Å²) in [5.41, 5.74) is 6.92. The SMILES string of the molecule is CCOC(=O)C1=C(C)NC2=C(C(=O)CCC2)[C@H]1c1cc(COc2ccc(Cl)cc2)c(C)cc1C. The Hall–Kier alpha value is -3.05. The molecule has 1 N–H and O–H groups in total. The number of carbonyl (C=O) groups excluding carboxylic acids is 2. The van der Waals surface area contributed by atoms with Crippen LogP contribution in [0.5, 0.6) is 5.75 Å². The number of aryl methyl sites for hydroxylation is 2. The van der Waals surface area contributed by atoms with Crippen LogP contribution in [0.2, 0.25) is 5.02 Å². The molecule has 0 bridgehead atoms. The number of Topliss-reactive ketones (excluding diaryl/α,β-unsaturated/α-hetero) is 1. The van der Waals surface area contributed by atoms with Crippen molar-refractivity contribution in [1.82, 2.24) is 5.32 Å². The van der Waals surface area contributed by atoms with Gasteiger partial charge in [0.2, 0.25) is 0 Å². The molecule has 1 heterocycles. The molecule has 34 heavy (non-hydrogen) atoms. The number of carbonyl (C=O) groups is 2. The molecule has 2 aliphatic rings. The lowest BCUT2D eigenvalue weighted by Gasteiger charge is -2.35. The van der Waals surface area contributed by atoms with E-state index in [9.17, 15) is 9.59 Å². The highest BCUT2D eigenvalue weighted by Crippen LogP contribution is 2.44. The third kappa shape index (κ3) is 4.76.